The lowest BCUT2D eigenvalue weighted by Gasteiger charge is -2.41. The van der Waals surface area contributed by atoms with Crippen LogP contribution in [-0.2, 0) is 16.1 Å². The Labute approximate surface area is 221 Å². The fraction of sp³-hybridized carbons (Fsp3) is 0.630. The second kappa shape index (κ2) is 10.3. The summed E-state index contributed by atoms with van der Waals surface area (Å²) in [5, 5.41) is 14.0. The largest absolute Gasteiger partial charge is 0.386 e. The molecule has 0 aromatic carbocycles. The van der Waals surface area contributed by atoms with Gasteiger partial charge in [0.15, 0.2) is 6.29 Å². The lowest BCUT2D eigenvalue weighted by Crippen LogP contribution is -2.55. The summed E-state index contributed by atoms with van der Waals surface area (Å²) in [7, 11) is 0. The SMILES string of the molecule is CC(C)n1c(COC2CCCCO2)nc2cnc(Nc3ccnc(N4CCC(O)(C5CC5)C(F)C4)n3)cc21. The highest BCUT2D eigenvalue weighted by Gasteiger charge is 2.52. The van der Waals surface area contributed by atoms with Crippen LogP contribution in [0.5, 0.6) is 0 Å². The molecule has 204 valence electrons. The second-order valence-electron chi connectivity index (χ2n) is 11.0. The van der Waals surface area contributed by atoms with E-state index >= 15 is 0 Å². The first kappa shape index (κ1) is 25.4. The van der Waals surface area contributed by atoms with Gasteiger partial charge in [-0.05, 0) is 64.4 Å². The minimum absolute atomic E-state index is 0.0847. The van der Waals surface area contributed by atoms with E-state index in [2.05, 4.69) is 38.7 Å². The van der Waals surface area contributed by atoms with E-state index in [4.69, 9.17) is 14.5 Å². The van der Waals surface area contributed by atoms with Crippen LogP contribution in [0.15, 0.2) is 24.5 Å². The topological polar surface area (TPSA) is 110 Å². The molecule has 3 fully saturated rings. The van der Waals surface area contributed by atoms with E-state index in [1.165, 1.54) is 0 Å². The maximum Gasteiger partial charge on any atom is 0.227 e. The molecule has 0 radical (unpaired) electrons. The van der Waals surface area contributed by atoms with Gasteiger partial charge in [0.1, 0.15) is 41.4 Å². The van der Waals surface area contributed by atoms with Crippen LogP contribution >= 0.6 is 0 Å². The first-order valence-corrected chi connectivity index (χ1v) is 13.7. The Kier molecular flexibility index (Phi) is 6.92. The molecule has 3 unspecified atom stereocenters. The van der Waals surface area contributed by atoms with Crippen molar-refractivity contribution in [1.29, 1.82) is 0 Å². The fourth-order valence-corrected chi connectivity index (χ4v) is 5.64. The van der Waals surface area contributed by atoms with Gasteiger partial charge in [-0.25, -0.2) is 19.3 Å². The minimum atomic E-state index is -1.31. The minimum Gasteiger partial charge on any atom is -0.386 e. The Morgan fingerprint density at radius 3 is 2.82 bits per heavy atom. The molecule has 0 spiro atoms. The van der Waals surface area contributed by atoms with Gasteiger partial charge in [-0.1, -0.05) is 0 Å². The molecule has 0 amide bonds. The van der Waals surface area contributed by atoms with Gasteiger partial charge in [0.2, 0.25) is 5.95 Å². The van der Waals surface area contributed by atoms with Crippen molar-refractivity contribution in [3.8, 4) is 0 Å². The van der Waals surface area contributed by atoms with Gasteiger partial charge in [0, 0.05) is 31.5 Å². The van der Waals surface area contributed by atoms with E-state index in [1.54, 1.807) is 23.4 Å². The van der Waals surface area contributed by atoms with Crippen LogP contribution in [0.1, 0.15) is 64.2 Å². The van der Waals surface area contributed by atoms with Crippen LogP contribution < -0.4 is 10.2 Å². The molecule has 3 atom stereocenters. The second-order valence-corrected chi connectivity index (χ2v) is 11.0. The third-order valence-corrected chi connectivity index (χ3v) is 7.87. The molecule has 6 rings (SSSR count). The van der Waals surface area contributed by atoms with Crippen LogP contribution in [0.25, 0.3) is 11.0 Å². The van der Waals surface area contributed by atoms with E-state index < -0.39 is 11.8 Å². The van der Waals surface area contributed by atoms with E-state index in [9.17, 15) is 9.50 Å². The van der Waals surface area contributed by atoms with Crippen LogP contribution in [0.3, 0.4) is 0 Å². The van der Waals surface area contributed by atoms with Gasteiger partial charge in [0.25, 0.3) is 0 Å². The van der Waals surface area contributed by atoms with Gasteiger partial charge >= 0.3 is 0 Å². The van der Waals surface area contributed by atoms with Gasteiger partial charge in [0.05, 0.1) is 18.3 Å². The highest BCUT2D eigenvalue weighted by molar-refractivity contribution is 5.79. The summed E-state index contributed by atoms with van der Waals surface area (Å²) < 4.78 is 28.8. The number of hydrogen-bond donors (Lipinski definition) is 2. The highest BCUT2D eigenvalue weighted by Crippen LogP contribution is 2.46. The molecule has 0 bridgehead atoms. The molecule has 3 aliphatic rings. The van der Waals surface area contributed by atoms with Gasteiger partial charge in [-0.15, -0.1) is 0 Å². The molecule has 2 aliphatic heterocycles. The average Bonchev–Trinajstić information content (AvgIpc) is 3.71. The molecular weight excluding hydrogens is 489 g/mol. The average molecular weight is 526 g/mol. The molecule has 5 heterocycles. The number of ether oxygens (including phenoxy) is 2. The number of halogens is 1. The number of imidazole rings is 1. The van der Waals surface area contributed by atoms with Crippen LogP contribution in [0.4, 0.5) is 22.0 Å². The summed E-state index contributed by atoms with van der Waals surface area (Å²) in [5.41, 5.74) is 0.533. The molecule has 38 heavy (non-hydrogen) atoms. The molecule has 3 aromatic heterocycles. The third kappa shape index (κ3) is 5.06. The lowest BCUT2D eigenvalue weighted by molar-refractivity contribution is -0.170. The highest BCUT2D eigenvalue weighted by atomic mass is 19.1. The molecule has 3 aromatic rings. The first-order chi connectivity index (χ1) is 18.4. The number of nitrogens with zero attached hydrogens (tertiary/aromatic N) is 6. The van der Waals surface area contributed by atoms with Crippen molar-refractivity contribution in [2.45, 2.75) is 83.1 Å². The molecule has 2 N–H and O–H groups in total. The summed E-state index contributed by atoms with van der Waals surface area (Å²) in [4.78, 5) is 20.1. The van der Waals surface area contributed by atoms with Crippen LogP contribution in [0, 0.1) is 5.92 Å². The van der Waals surface area contributed by atoms with E-state index in [0.29, 0.717) is 37.2 Å². The van der Waals surface area contributed by atoms with Gasteiger partial charge < -0.3 is 29.4 Å². The van der Waals surface area contributed by atoms with Gasteiger partial charge in [-0.2, -0.15) is 4.98 Å². The number of pyridine rings is 1. The maximum atomic E-state index is 14.9. The fourth-order valence-electron chi connectivity index (χ4n) is 5.64. The van der Waals surface area contributed by atoms with Gasteiger partial charge in [-0.3, -0.25) is 0 Å². The van der Waals surface area contributed by atoms with Crippen molar-refractivity contribution < 1.29 is 19.0 Å². The Hall–Kier alpha value is -2.89. The Morgan fingerprint density at radius 1 is 1.21 bits per heavy atom. The summed E-state index contributed by atoms with van der Waals surface area (Å²) in [6.45, 7) is 5.96. The number of hydrogen-bond acceptors (Lipinski definition) is 9. The third-order valence-electron chi connectivity index (χ3n) is 7.87. The van der Waals surface area contributed by atoms with E-state index in [0.717, 1.165) is 55.6 Å². The van der Waals surface area contributed by atoms with E-state index in [-0.39, 0.29) is 24.8 Å². The molecule has 11 heteroatoms. The quantitative estimate of drug-likeness (QED) is 0.445. The summed E-state index contributed by atoms with van der Waals surface area (Å²) in [6, 6.07) is 3.89. The number of anilines is 3. The number of piperidine rings is 1. The van der Waals surface area contributed by atoms with E-state index in [1.807, 2.05) is 6.07 Å². The number of rotatable bonds is 8. The zero-order chi connectivity index (χ0) is 26.3. The predicted molar refractivity (Wildman–Crippen MR) is 141 cm³/mol. The van der Waals surface area contributed by atoms with Crippen LogP contribution in [0.2, 0.25) is 0 Å². The zero-order valence-corrected chi connectivity index (χ0v) is 22.0. The first-order valence-electron chi connectivity index (χ1n) is 13.7. The Balaban J connectivity index is 1.18. The molecule has 10 nitrogen and oxygen atoms in total. The summed E-state index contributed by atoms with van der Waals surface area (Å²) in [6.07, 6.45) is 7.21. The van der Waals surface area contributed by atoms with Crippen molar-refractivity contribution in [2.24, 2.45) is 5.92 Å². The number of aliphatic hydroxyl groups is 1. The van der Waals surface area contributed by atoms with Crippen molar-refractivity contribution in [1.82, 2.24) is 24.5 Å². The lowest BCUT2D eigenvalue weighted by atomic mass is 9.85. The summed E-state index contributed by atoms with van der Waals surface area (Å²) in [5.74, 6) is 2.55. The maximum absolute atomic E-state index is 14.9. The smallest absolute Gasteiger partial charge is 0.227 e. The summed E-state index contributed by atoms with van der Waals surface area (Å²) >= 11 is 0. The van der Waals surface area contributed by atoms with Crippen LogP contribution in [-0.4, -0.2) is 67.4 Å². The molecule has 1 aliphatic carbocycles. The number of alkyl halides is 1. The number of fused-ring (bicyclic) bond motifs is 1. The van der Waals surface area contributed by atoms with Crippen molar-refractivity contribution >= 4 is 28.6 Å². The zero-order valence-electron chi connectivity index (χ0n) is 22.0. The molecular formula is C27H36FN7O3. The van der Waals surface area contributed by atoms with Crippen molar-refractivity contribution in [2.75, 3.05) is 29.9 Å². The standard InChI is InChI=1S/C27H36FN7O3/c1-17(2)35-20-13-23(30-14-19(20)31-24(35)16-38-25-5-3-4-12-37-25)32-22-8-10-29-26(33-22)34-11-9-27(36,18-6-7-18)21(28)15-34/h8,10,13-14,17-18,21,25,36H,3-7,9,11-12,15-16H2,1-2H3,(H,29,30,32,33). The van der Waals surface area contributed by atoms with Crippen molar-refractivity contribution in [3.05, 3.63) is 30.4 Å². The molecule has 2 saturated heterocycles. The van der Waals surface area contributed by atoms with Crippen molar-refractivity contribution in [3.63, 3.8) is 0 Å². The Bertz CT molecular complexity index is 1280. The monoisotopic (exact) mass is 525 g/mol. The number of aromatic nitrogens is 5. The molecule has 1 saturated carbocycles. The predicted octanol–water partition coefficient (Wildman–Crippen LogP) is 4.28. The Morgan fingerprint density at radius 2 is 2.08 bits per heavy atom. The normalized spacial score (nSPS) is 26.3. The number of nitrogens with one attached hydrogen (secondary N) is 1.